The first-order valence-electron chi connectivity index (χ1n) is 6.55. The molecule has 0 spiro atoms. The van der Waals surface area contributed by atoms with Crippen molar-refractivity contribution in [2.75, 3.05) is 6.61 Å². The Bertz CT molecular complexity index is 606. The van der Waals surface area contributed by atoms with Crippen LogP contribution in [0.1, 0.15) is 25.8 Å². The standard InChI is InChI=1S/C17H18O2/c1-3-11-19-17(18)13(2)12-15-9-6-8-14-7-4-5-10-16(14)15/h4-10,12H,3,11H2,1-2H3. The van der Waals surface area contributed by atoms with E-state index in [1.165, 1.54) is 5.39 Å². The van der Waals surface area contributed by atoms with E-state index in [4.69, 9.17) is 4.74 Å². The second-order valence-electron chi connectivity index (χ2n) is 4.53. The molecule has 0 fully saturated rings. The Kier molecular flexibility index (Phi) is 4.35. The van der Waals surface area contributed by atoms with E-state index in [0.29, 0.717) is 12.2 Å². The molecule has 0 unspecified atom stereocenters. The van der Waals surface area contributed by atoms with Crippen LogP contribution in [-0.4, -0.2) is 12.6 Å². The fourth-order valence-electron chi connectivity index (χ4n) is 1.98. The van der Waals surface area contributed by atoms with E-state index in [1.807, 2.05) is 37.3 Å². The number of hydrogen-bond acceptors (Lipinski definition) is 2. The topological polar surface area (TPSA) is 26.3 Å². The van der Waals surface area contributed by atoms with Crippen LogP contribution in [0.25, 0.3) is 16.8 Å². The average molecular weight is 254 g/mol. The number of rotatable bonds is 4. The molecule has 0 aromatic heterocycles. The van der Waals surface area contributed by atoms with Crippen LogP contribution in [0, 0.1) is 0 Å². The fourth-order valence-corrected chi connectivity index (χ4v) is 1.98. The number of hydrogen-bond donors (Lipinski definition) is 0. The summed E-state index contributed by atoms with van der Waals surface area (Å²) in [5.41, 5.74) is 1.67. The Hall–Kier alpha value is -2.09. The summed E-state index contributed by atoms with van der Waals surface area (Å²) in [6, 6.07) is 14.2. The van der Waals surface area contributed by atoms with Crippen LogP contribution in [0.5, 0.6) is 0 Å². The normalized spacial score (nSPS) is 11.6. The third-order valence-corrected chi connectivity index (χ3v) is 2.95. The van der Waals surface area contributed by atoms with E-state index in [2.05, 4.69) is 18.2 Å². The smallest absolute Gasteiger partial charge is 0.333 e. The summed E-state index contributed by atoms with van der Waals surface area (Å²) in [7, 11) is 0. The van der Waals surface area contributed by atoms with Crippen LogP contribution in [0.2, 0.25) is 0 Å². The van der Waals surface area contributed by atoms with Crippen molar-refractivity contribution in [1.82, 2.24) is 0 Å². The van der Waals surface area contributed by atoms with Gasteiger partial charge in [0.1, 0.15) is 0 Å². The lowest BCUT2D eigenvalue weighted by atomic mass is 10.0. The highest BCUT2D eigenvalue weighted by atomic mass is 16.5. The first kappa shape index (κ1) is 13.3. The highest BCUT2D eigenvalue weighted by Gasteiger charge is 2.06. The molecular weight excluding hydrogens is 236 g/mol. The van der Waals surface area contributed by atoms with Gasteiger partial charge in [-0.2, -0.15) is 0 Å². The minimum absolute atomic E-state index is 0.241. The monoisotopic (exact) mass is 254 g/mol. The highest BCUT2D eigenvalue weighted by molar-refractivity contribution is 5.97. The summed E-state index contributed by atoms with van der Waals surface area (Å²) < 4.78 is 5.13. The molecule has 0 radical (unpaired) electrons. The molecule has 0 saturated carbocycles. The van der Waals surface area contributed by atoms with Gasteiger partial charge in [0.2, 0.25) is 0 Å². The van der Waals surface area contributed by atoms with E-state index >= 15 is 0 Å². The third-order valence-electron chi connectivity index (χ3n) is 2.95. The lowest BCUT2D eigenvalue weighted by molar-refractivity contribution is -0.138. The Morgan fingerprint density at radius 3 is 2.68 bits per heavy atom. The molecular formula is C17H18O2. The van der Waals surface area contributed by atoms with Crippen molar-refractivity contribution < 1.29 is 9.53 Å². The average Bonchev–Trinajstić information content (AvgIpc) is 2.45. The molecule has 2 aromatic carbocycles. The first-order valence-corrected chi connectivity index (χ1v) is 6.55. The van der Waals surface area contributed by atoms with Crippen LogP contribution < -0.4 is 0 Å². The first-order chi connectivity index (χ1) is 9.22. The molecule has 0 aliphatic carbocycles. The van der Waals surface area contributed by atoms with Crippen LogP contribution >= 0.6 is 0 Å². The molecule has 0 bridgehead atoms. The van der Waals surface area contributed by atoms with Gasteiger partial charge >= 0.3 is 5.97 Å². The number of ether oxygens (including phenoxy) is 1. The van der Waals surface area contributed by atoms with Gasteiger partial charge in [-0.1, -0.05) is 49.4 Å². The summed E-state index contributed by atoms with van der Waals surface area (Å²) in [6.45, 7) is 4.25. The quantitative estimate of drug-likeness (QED) is 0.604. The lowest BCUT2D eigenvalue weighted by Gasteiger charge is -2.05. The zero-order valence-electron chi connectivity index (χ0n) is 11.3. The van der Waals surface area contributed by atoms with Crippen molar-refractivity contribution in [2.24, 2.45) is 0 Å². The van der Waals surface area contributed by atoms with Gasteiger partial charge in [-0.05, 0) is 35.8 Å². The summed E-state index contributed by atoms with van der Waals surface area (Å²) in [5.74, 6) is -0.241. The zero-order valence-corrected chi connectivity index (χ0v) is 11.3. The maximum absolute atomic E-state index is 11.8. The Morgan fingerprint density at radius 2 is 1.89 bits per heavy atom. The molecule has 19 heavy (non-hydrogen) atoms. The number of benzene rings is 2. The molecule has 0 amide bonds. The summed E-state index contributed by atoms with van der Waals surface area (Å²) in [5, 5.41) is 2.32. The van der Waals surface area contributed by atoms with Gasteiger partial charge in [0.25, 0.3) is 0 Å². The molecule has 0 atom stereocenters. The van der Waals surface area contributed by atoms with Crippen LogP contribution in [0.15, 0.2) is 48.0 Å². The van der Waals surface area contributed by atoms with Crippen LogP contribution in [0.4, 0.5) is 0 Å². The minimum Gasteiger partial charge on any atom is -0.462 e. The van der Waals surface area contributed by atoms with Gasteiger partial charge in [0.05, 0.1) is 6.61 Å². The molecule has 2 rings (SSSR count). The SMILES string of the molecule is CCCOC(=O)C(C)=Cc1cccc2ccccc12. The molecule has 98 valence electrons. The Balaban J connectivity index is 2.32. The molecule has 2 aromatic rings. The Morgan fingerprint density at radius 1 is 1.16 bits per heavy atom. The second-order valence-corrected chi connectivity index (χ2v) is 4.53. The number of esters is 1. The van der Waals surface area contributed by atoms with Gasteiger partial charge < -0.3 is 4.74 Å². The summed E-state index contributed by atoms with van der Waals surface area (Å²) >= 11 is 0. The molecule has 0 N–H and O–H groups in total. The molecule has 2 nitrogen and oxygen atoms in total. The van der Waals surface area contributed by atoms with Crippen LogP contribution in [0.3, 0.4) is 0 Å². The maximum Gasteiger partial charge on any atom is 0.333 e. The van der Waals surface area contributed by atoms with E-state index in [0.717, 1.165) is 17.4 Å². The molecule has 2 heteroatoms. The number of carbonyl (C=O) groups excluding carboxylic acids is 1. The van der Waals surface area contributed by atoms with E-state index < -0.39 is 0 Å². The highest BCUT2D eigenvalue weighted by Crippen LogP contribution is 2.21. The second kappa shape index (κ2) is 6.19. The van der Waals surface area contributed by atoms with E-state index in [-0.39, 0.29) is 5.97 Å². The van der Waals surface area contributed by atoms with Gasteiger partial charge in [-0.15, -0.1) is 0 Å². The molecule has 0 aliphatic heterocycles. The molecule has 0 heterocycles. The van der Waals surface area contributed by atoms with Crippen molar-refractivity contribution in [3.05, 3.63) is 53.6 Å². The van der Waals surface area contributed by atoms with Crippen molar-refractivity contribution in [3.63, 3.8) is 0 Å². The van der Waals surface area contributed by atoms with Gasteiger partial charge in [0, 0.05) is 5.57 Å². The summed E-state index contributed by atoms with van der Waals surface area (Å²) in [4.78, 5) is 11.8. The van der Waals surface area contributed by atoms with Crippen molar-refractivity contribution in [3.8, 4) is 0 Å². The number of fused-ring (bicyclic) bond motifs is 1. The van der Waals surface area contributed by atoms with Gasteiger partial charge in [0.15, 0.2) is 0 Å². The molecule has 0 saturated heterocycles. The fraction of sp³-hybridized carbons (Fsp3) is 0.235. The van der Waals surface area contributed by atoms with E-state index in [9.17, 15) is 4.79 Å². The van der Waals surface area contributed by atoms with Crippen LogP contribution in [-0.2, 0) is 9.53 Å². The van der Waals surface area contributed by atoms with Crippen molar-refractivity contribution in [1.29, 1.82) is 0 Å². The van der Waals surface area contributed by atoms with Gasteiger partial charge in [-0.3, -0.25) is 0 Å². The third kappa shape index (κ3) is 3.22. The maximum atomic E-state index is 11.8. The number of carbonyl (C=O) groups is 1. The van der Waals surface area contributed by atoms with Crippen molar-refractivity contribution >= 4 is 22.8 Å². The minimum atomic E-state index is -0.241. The lowest BCUT2D eigenvalue weighted by Crippen LogP contribution is -2.06. The summed E-state index contributed by atoms with van der Waals surface area (Å²) in [6.07, 6.45) is 2.73. The van der Waals surface area contributed by atoms with Crippen molar-refractivity contribution in [2.45, 2.75) is 20.3 Å². The predicted octanol–water partition coefficient (Wildman–Crippen LogP) is 4.20. The van der Waals surface area contributed by atoms with E-state index in [1.54, 1.807) is 6.92 Å². The largest absolute Gasteiger partial charge is 0.462 e. The van der Waals surface area contributed by atoms with Gasteiger partial charge in [-0.25, -0.2) is 4.79 Å². The predicted molar refractivity (Wildman–Crippen MR) is 78.8 cm³/mol. The molecule has 0 aliphatic rings. The zero-order chi connectivity index (χ0) is 13.7. The Labute approximate surface area is 113 Å².